The molecule has 3 rings (SSSR count). The lowest BCUT2D eigenvalue weighted by atomic mass is 9.98. The zero-order valence-corrected chi connectivity index (χ0v) is 14.8. The minimum Gasteiger partial charge on any atom is -0.497 e. The molecule has 0 radical (unpaired) electrons. The van der Waals surface area contributed by atoms with Gasteiger partial charge >= 0.3 is 0 Å². The maximum Gasteiger partial charge on any atom is 0.142 e. The van der Waals surface area contributed by atoms with Crippen molar-refractivity contribution in [3.63, 3.8) is 0 Å². The van der Waals surface area contributed by atoms with Gasteiger partial charge in [0.25, 0.3) is 0 Å². The highest BCUT2D eigenvalue weighted by Crippen LogP contribution is 2.33. The molecule has 1 heterocycles. The van der Waals surface area contributed by atoms with Crippen LogP contribution in [0.25, 0.3) is 22.4 Å². The molecule has 0 bridgehead atoms. The highest BCUT2D eigenvalue weighted by Gasteiger charge is 2.15. The predicted molar refractivity (Wildman–Crippen MR) is 98.4 cm³/mol. The Bertz CT molecular complexity index is 998. The fourth-order valence-corrected chi connectivity index (χ4v) is 2.88. The number of methoxy groups -OCH3 is 1. The number of pyridine rings is 1. The zero-order chi connectivity index (χ0) is 18.0. The molecule has 0 unspecified atom stereocenters. The lowest BCUT2D eigenvalue weighted by Crippen LogP contribution is -2.00. The van der Waals surface area contributed by atoms with E-state index in [1.165, 1.54) is 6.07 Å². The van der Waals surface area contributed by atoms with Gasteiger partial charge in [0.2, 0.25) is 0 Å². The molecular formula is C19H13BrFN3O. The van der Waals surface area contributed by atoms with Gasteiger partial charge in [-0.25, -0.2) is 9.37 Å². The molecule has 0 saturated carbocycles. The van der Waals surface area contributed by atoms with E-state index in [9.17, 15) is 9.65 Å². The summed E-state index contributed by atoms with van der Waals surface area (Å²) in [7, 11) is 1.58. The SMILES string of the molecule is COc1cccc(-c2cc(-c3ccc(F)c(Br)c3)c(C#N)c(N)n2)c1. The van der Waals surface area contributed by atoms with Gasteiger partial charge in [-0.2, -0.15) is 5.26 Å². The van der Waals surface area contributed by atoms with Gasteiger partial charge in [-0.05, 0) is 51.8 Å². The van der Waals surface area contributed by atoms with Crippen molar-refractivity contribution in [1.29, 1.82) is 5.26 Å². The minimum atomic E-state index is -0.377. The van der Waals surface area contributed by atoms with Crippen LogP contribution in [0.4, 0.5) is 10.2 Å². The molecule has 0 aliphatic carbocycles. The van der Waals surface area contributed by atoms with Gasteiger partial charge in [0.1, 0.15) is 29.0 Å². The fraction of sp³-hybridized carbons (Fsp3) is 0.0526. The Labute approximate surface area is 152 Å². The summed E-state index contributed by atoms with van der Waals surface area (Å²) in [5, 5.41) is 9.45. The summed E-state index contributed by atoms with van der Waals surface area (Å²) < 4.78 is 19.1. The van der Waals surface area contributed by atoms with Crippen LogP contribution in [-0.2, 0) is 0 Å². The normalized spacial score (nSPS) is 10.3. The van der Waals surface area contributed by atoms with Crippen molar-refractivity contribution in [1.82, 2.24) is 4.98 Å². The molecule has 2 N–H and O–H groups in total. The van der Waals surface area contributed by atoms with Crippen LogP contribution in [0.5, 0.6) is 5.75 Å². The molecule has 4 nitrogen and oxygen atoms in total. The molecule has 6 heteroatoms. The molecule has 1 aromatic heterocycles. The van der Waals surface area contributed by atoms with Crippen molar-refractivity contribution in [2.24, 2.45) is 0 Å². The molecule has 0 amide bonds. The van der Waals surface area contributed by atoms with Crippen LogP contribution in [-0.4, -0.2) is 12.1 Å². The second kappa shape index (κ2) is 6.91. The summed E-state index contributed by atoms with van der Waals surface area (Å²) in [5.41, 5.74) is 8.92. The monoisotopic (exact) mass is 397 g/mol. The first-order valence-electron chi connectivity index (χ1n) is 7.34. The number of benzene rings is 2. The standard InChI is InChI=1S/C19H13BrFN3O/c1-25-13-4-2-3-12(7-13)18-9-14(15(10-22)19(23)24-18)11-5-6-17(21)16(20)8-11/h2-9H,1H3,(H2,23,24). The number of aromatic nitrogens is 1. The molecule has 0 aliphatic rings. The topological polar surface area (TPSA) is 71.9 Å². The van der Waals surface area contributed by atoms with Crippen LogP contribution in [0.2, 0.25) is 0 Å². The number of nitrogens with two attached hydrogens (primary N) is 1. The number of hydrogen-bond acceptors (Lipinski definition) is 4. The van der Waals surface area contributed by atoms with Crippen LogP contribution < -0.4 is 10.5 Å². The van der Waals surface area contributed by atoms with Gasteiger partial charge in [-0.15, -0.1) is 0 Å². The van der Waals surface area contributed by atoms with Gasteiger partial charge in [0.15, 0.2) is 0 Å². The van der Waals surface area contributed by atoms with Crippen molar-refractivity contribution in [3.05, 3.63) is 64.4 Å². The fourth-order valence-electron chi connectivity index (χ4n) is 2.50. The van der Waals surface area contributed by atoms with E-state index in [2.05, 4.69) is 27.0 Å². The van der Waals surface area contributed by atoms with Gasteiger partial charge in [0.05, 0.1) is 17.3 Å². The van der Waals surface area contributed by atoms with Crippen LogP contribution >= 0.6 is 15.9 Å². The van der Waals surface area contributed by atoms with E-state index in [-0.39, 0.29) is 17.2 Å². The van der Waals surface area contributed by atoms with Crippen LogP contribution in [0.3, 0.4) is 0 Å². The molecule has 0 fully saturated rings. The Morgan fingerprint density at radius 3 is 2.64 bits per heavy atom. The summed E-state index contributed by atoms with van der Waals surface area (Å²) >= 11 is 3.17. The Hall–Kier alpha value is -2.91. The number of ether oxygens (including phenoxy) is 1. The first-order chi connectivity index (χ1) is 12.0. The number of halogens is 2. The molecule has 3 aromatic rings. The number of nitrogens with zero attached hydrogens (tertiary/aromatic N) is 2. The summed E-state index contributed by atoms with van der Waals surface area (Å²) in [6.45, 7) is 0. The van der Waals surface area contributed by atoms with E-state index in [4.69, 9.17) is 10.5 Å². The van der Waals surface area contributed by atoms with Crippen molar-refractivity contribution in [2.45, 2.75) is 0 Å². The average Bonchev–Trinajstić information content (AvgIpc) is 2.63. The Morgan fingerprint density at radius 2 is 1.96 bits per heavy atom. The quantitative estimate of drug-likeness (QED) is 0.689. The number of nitriles is 1. The van der Waals surface area contributed by atoms with Crippen molar-refractivity contribution in [3.8, 4) is 34.2 Å². The highest BCUT2D eigenvalue weighted by atomic mass is 79.9. The molecule has 25 heavy (non-hydrogen) atoms. The number of rotatable bonds is 3. The van der Waals surface area contributed by atoms with Crippen LogP contribution in [0.1, 0.15) is 5.56 Å². The maximum absolute atomic E-state index is 13.5. The third-order valence-corrected chi connectivity index (χ3v) is 4.36. The van der Waals surface area contributed by atoms with E-state index in [1.54, 1.807) is 25.3 Å². The molecule has 124 valence electrons. The lowest BCUT2D eigenvalue weighted by Gasteiger charge is -2.11. The van der Waals surface area contributed by atoms with Crippen molar-refractivity contribution < 1.29 is 9.13 Å². The second-order valence-corrected chi connectivity index (χ2v) is 6.14. The summed E-state index contributed by atoms with van der Waals surface area (Å²) in [5.74, 6) is 0.434. The van der Waals surface area contributed by atoms with Gasteiger partial charge in [-0.3, -0.25) is 0 Å². The molecule has 2 aromatic carbocycles. The Balaban J connectivity index is 2.22. The number of nitrogen functional groups attached to an aromatic ring is 1. The van der Waals surface area contributed by atoms with Crippen LogP contribution in [0.15, 0.2) is 53.0 Å². The third-order valence-electron chi connectivity index (χ3n) is 3.76. The van der Waals surface area contributed by atoms with E-state index in [1.807, 2.05) is 24.3 Å². The maximum atomic E-state index is 13.5. The first-order valence-corrected chi connectivity index (χ1v) is 8.13. The largest absolute Gasteiger partial charge is 0.497 e. The Morgan fingerprint density at radius 1 is 1.16 bits per heavy atom. The summed E-state index contributed by atoms with van der Waals surface area (Å²) in [6, 6.07) is 15.8. The van der Waals surface area contributed by atoms with Crippen molar-refractivity contribution >= 4 is 21.7 Å². The number of hydrogen-bond donors (Lipinski definition) is 1. The lowest BCUT2D eigenvalue weighted by molar-refractivity contribution is 0.415. The molecule has 0 spiro atoms. The average molecular weight is 398 g/mol. The minimum absolute atomic E-state index is 0.123. The van der Waals surface area contributed by atoms with Crippen molar-refractivity contribution in [2.75, 3.05) is 12.8 Å². The molecular weight excluding hydrogens is 385 g/mol. The summed E-state index contributed by atoms with van der Waals surface area (Å²) in [4.78, 5) is 4.33. The predicted octanol–water partition coefficient (Wildman–Crippen LogP) is 4.78. The third kappa shape index (κ3) is 3.32. The van der Waals surface area contributed by atoms with Crippen LogP contribution in [0, 0.1) is 17.1 Å². The Kier molecular flexibility index (Phi) is 4.68. The van der Waals surface area contributed by atoms with Gasteiger partial charge in [-0.1, -0.05) is 18.2 Å². The molecule has 0 saturated heterocycles. The highest BCUT2D eigenvalue weighted by molar-refractivity contribution is 9.10. The summed E-state index contributed by atoms with van der Waals surface area (Å²) in [6.07, 6.45) is 0. The van der Waals surface area contributed by atoms with Gasteiger partial charge < -0.3 is 10.5 Å². The molecule has 0 aliphatic heterocycles. The smallest absolute Gasteiger partial charge is 0.142 e. The van der Waals surface area contributed by atoms with E-state index in [0.717, 1.165) is 5.56 Å². The van der Waals surface area contributed by atoms with E-state index in [0.29, 0.717) is 27.0 Å². The first kappa shape index (κ1) is 16.9. The second-order valence-electron chi connectivity index (χ2n) is 5.29. The zero-order valence-electron chi connectivity index (χ0n) is 13.3. The van der Waals surface area contributed by atoms with E-state index >= 15 is 0 Å². The number of anilines is 1. The van der Waals surface area contributed by atoms with Gasteiger partial charge in [0, 0.05) is 11.1 Å². The molecule has 0 atom stereocenters. The van der Waals surface area contributed by atoms with E-state index < -0.39 is 0 Å².